The van der Waals surface area contributed by atoms with Gasteiger partial charge in [0.25, 0.3) is 0 Å². The fraction of sp³-hybridized carbons (Fsp3) is 0.167. The summed E-state index contributed by atoms with van der Waals surface area (Å²) in [7, 11) is 1.29. The summed E-state index contributed by atoms with van der Waals surface area (Å²) in [4.78, 5) is 37.6. The number of para-hydroxylation sites is 1. The van der Waals surface area contributed by atoms with Gasteiger partial charge >= 0.3 is 5.97 Å². The van der Waals surface area contributed by atoms with Crippen molar-refractivity contribution in [1.29, 1.82) is 0 Å². The van der Waals surface area contributed by atoms with Crippen LogP contribution in [-0.2, 0) is 14.3 Å². The van der Waals surface area contributed by atoms with E-state index in [1.54, 1.807) is 31.2 Å². The molecule has 0 fully saturated rings. The molecule has 1 aliphatic heterocycles. The number of methoxy groups -OCH3 is 1. The maximum atomic E-state index is 12.8. The van der Waals surface area contributed by atoms with Crippen LogP contribution in [0, 0.1) is 0 Å². The molecule has 1 unspecified atom stereocenters. The smallest absolute Gasteiger partial charge is 0.337 e. The summed E-state index contributed by atoms with van der Waals surface area (Å²) in [6.07, 6.45) is 0. The lowest BCUT2D eigenvalue weighted by Gasteiger charge is -2.31. The number of ether oxygens (including phenoxy) is 1. The topological polar surface area (TPSA) is 84.5 Å². The van der Waals surface area contributed by atoms with Crippen molar-refractivity contribution in [3.8, 4) is 0 Å². The highest BCUT2D eigenvalue weighted by Crippen LogP contribution is 2.42. The largest absolute Gasteiger partial charge is 0.465 e. The van der Waals surface area contributed by atoms with E-state index in [1.165, 1.54) is 24.9 Å². The molecule has 7 heteroatoms. The normalized spacial score (nSPS) is 18.7. The van der Waals surface area contributed by atoms with Crippen LogP contribution in [0.5, 0.6) is 0 Å². The van der Waals surface area contributed by atoms with Crippen LogP contribution >= 0.6 is 11.8 Å². The zero-order chi connectivity index (χ0) is 18.0. The van der Waals surface area contributed by atoms with E-state index < -0.39 is 22.5 Å². The van der Waals surface area contributed by atoms with Gasteiger partial charge in [-0.2, -0.15) is 0 Å². The average molecular weight is 356 g/mol. The van der Waals surface area contributed by atoms with E-state index >= 15 is 0 Å². The van der Waals surface area contributed by atoms with Gasteiger partial charge in [0.15, 0.2) is 4.75 Å². The van der Waals surface area contributed by atoms with Gasteiger partial charge in [0, 0.05) is 10.6 Å². The molecule has 1 aliphatic rings. The molecule has 128 valence electrons. The first-order chi connectivity index (χ1) is 11.9. The second-order valence-corrected chi connectivity index (χ2v) is 7.07. The summed E-state index contributed by atoms with van der Waals surface area (Å²) < 4.78 is 3.34. The summed E-state index contributed by atoms with van der Waals surface area (Å²) in [5, 5.41) is 5.47. The van der Waals surface area contributed by atoms with Crippen LogP contribution in [0.2, 0.25) is 0 Å². The van der Waals surface area contributed by atoms with Crippen molar-refractivity contribution in [3.63, 3.8) is 0 Å². The molecule has 2 N–H and O–H groups in total. The Morgan fingerprint density at radius 2 is 1.92 bits per heavy atom. The number of hydrogen-bond acceptors (Lipinski definition) is 5. The summed E-state index contributed by atoms with van der Waals surface area (Å²) >= 11 is 1.19. The first kappa shape index (κ1) is 17.0. The third kappa shape index (κ3) is 3.23. The van der Waals surface area contributed by atoms with Gasteiger partial charge < -0.3 is 15.4 Å². The molecule has 0 saturated heterocycles. The minimum absolute atomic E-state index is 0.316. The fourth-order valence-electron chi connectivity index (χ4n) is 2.41. The van der Waals surface area contributed by atoms with Crippen molar-refractivity contribution in [2.24, 2.45) is 0 Å². The minimum Gasteiger partial charge on any atom is -0.465 e. The van der Waals surface area contributed by atoms with Crippen LogP contribution < -0.4 is 10.6 Å². The van der Waals surface area contributed by atoms with E-state index in [4.69, 9.17) is 0 Å². The molecule has 2 aromatic carbocycles. The Morgan fingerprint density at radius 1 is 1.16 bits per heavy atom. The monoisotopic (exact) mass is 356 g/mol. The molecule has 6 nitrogen and oxygen atoms in total. The van der Waals surface area contributed by atoms with Crippen LogP contribution in [0.1, 0.15) is 17.3 Å². The van der Waals surface area contributed by atoms with Crippen LogP contribution in [0.15, 0.2) is 53.4 Å². The SMILES string of the molecule is COC(=O)c1cccc(NC(=O)C2(C)Sc3ccccc3NC2=O)c1. The van der Waals surface area contributed by atoms with Gasteiger partial charge in [0.2, 0.25) is 11.8 Å². The molecule has 0 bridgehead atoms. The Balaban J connectivity index is 1.84. The predicted octanol–water partition coefficient (Wildman–Crippen LogP) is 2.91. The van der Waals surface area contributed by atoms with E-state index in [1.807, 2.05) is 18.2 Å². The number of anilines is 2. The van der Waals surface area contributed by atoms with Crippen molar-refractivity contribution in [2.45, 2.75) is 16.6 Å². The molecule has 2 aromatic rings. The van der Waals surface area contributed by atoms with Crippen LogP contribution in [0.3, 0.4) is 0 Å². The average Bonchev–Trinajstić information content (AvgIpc) is 2.62. The number of amides is 2. The molecule has 1 atom stereocenters. The number of carbonyl (C=O) groups excluding carboxylic acids is 3. The fourth-order valence-corrected chi connectivity index (χ4v) is 3.51. The third-order valence-corrected chi connectivity index (χ3v) is 5.21. The Hall–Kier alpha value is -2.80. The maximum Gasteiger partial charge on any atom is 0.337 e. The third-order valence-electron chi connectivity index (χ3n) is 3.86. The molecular weight excluding hydrogens is 340 g/mol. The molecule has 0 aliphatic carbocycles. The number of nitrogens with one attached hydrogen (secondary N) is 2. The van der Waals surface area contributed by atoms with Crippen molar-refractivity contribution in [2.75, 3.05) is 17.7 Å². The lowest BCUT2D eigenvalue weighted by atomic mass is 10.1. The number of carbonyl (C=O) groups is 3. The predicted molar refractivity (Wildman–Crippen MR) is 95.7 cm³/mol. The quantitative estimate of drug-likeness (QED) is 0.652. The number of fused-ring (bicyclic) bond motifs is 1. The molecule has 0 radical (unpaired) electrons. The Kier molecular flexibility index (Phi) is 4.50. The van der Waals surface area contributed by atoms with Gasteiger partial charge in [0.1, 0.15) is 0 Å². The van der Waals surface area contributed by atoms with Crippen molar-refractivity contribution in [3.05, 3.63) is 54.1 Å². The zero-order valence-electron chi connectivity index (χ0n) is 13.7. The zero-order valence-corrected chi connectivity index (χ0v) is 14.5. The Morgan fingerprint density at radius 3 is 2.68 bits per heavy atom. The van der Waals surface area contributed by atoms with Crippen LogP contribution in [-0.4, -0.2) is 29.6 Å². The number of thioether (sulfide) groups is 1. The molecular formula is C18H16N2O4S. The molecule has 0 aromatic heterocycles. The van der Waals surface area contributed by atoms with E-state index in [0.29, 0.717) is 16.9 Å². The maximum absolute atomic E-state index is 12.8. The molecule has 25 heavy (non-hydrogen) atoms. The Labute approximate surface area is 148 Å². The summed E-state index contributed by atoms with van der Waals surface area (Å²) in [6, 6.07) is 13.7. The standard InChI is InChI=1S/C18H16N2O4S/c1-18(17(23)20-13-8-3-4-9-14(13)25-18)16(22)19-12-7-5-6-11(10-12)15(21)24-2/h3-10H,1-2H3,(H,19,22)(H,20,23). The lowest BCUT2D eigenvalue weighted by molar-refractivity contribution is -0.126. The highest BCUT2D eigenvalue weighted by molar-refractivity contribution is 8.02. The highest BCUT2D eigenvalue weighted by Gasteiger charge is 2.45. The molecule has 2 amide bonds. The molecule has 0 saturated carbocycles. The second kappa shape index (κ2) is 6.60. The summed E-state index contributed by atoms with van der Waals surface area (Å²) in [6.45, 7) is 1.57. The van der Waals surface area contributed by atoms with E-state index in [2.05, 4.69) is 15.4 Å². The van der Waals surface area contributed by atoms with Gasteiger partial charge in [-0.1, -0.05) is 30.0 Å². The van der Waals surface area contributed by atoms with Gasteiger partial charge in [-0.15, -0.1) is 0 Å². The summed E-state index contributed by atoms with van der Waals surface area (Å²) in [5.41, 5.74) is 1.42. The van der Waals surface area contributed by atoms with Gasteiger partial charge in [-0.05, 0) is 37.3 Å². The molecule has 0 spiro atoms. The van der Waals surface area contributed by atoms with Gasteiger partial charge in [0.05, 0.1) is 18.4 Å². The number of rotatable bonds is 3. The number of esters is 1. The van der Waals surface area contributed by atoms with E-state index in [0.717, 1.165) is 4.90 Å². The lowest BCUT2D eigenvalue weighted by Crippen LogP contribution is -2.49. The summed E-state index contributed by atoms with van der Waals surface area (Å²) in [5.74, 6) is -1.36. The Bertz CT molecular complexity index is 868. The highest BCUT2D eigenvalue weighted by atomic mass is 32.2. The second-order valence-electron chi connectivity index (χ2n) is 5.61. The first-order valence-corrected chi connectivity index (χ1v) is 8.35. The van der Waals surface area contributed by atoms with Crippen molar-refractivity contribution < 1.29 is 19.1 Å². The molecule has 1 heterocycles. The number of hydrogen-bond donors (Lipinski definition) is 2. The van der Waals surface area contributed by atoms with Crippen molar-refractivity contribution >= 4 is 40.9 Å². The minimum atomic E-state index is -1.32. The van der Waals surface area contributed by atoms with Crippen LogP contribution in [0.4, 0.5) is 11.4 Å². The van der Waals surface area contributed by atoms with Gasteiger partial charge in [-0.25, -0.2) is 4.79 Å². The van der Waals surface area contributed by atoms with Crippen molar-refractivity contribution in [1.82, 2.24) is 0 Å². The van der Waals surface area contributed by atoms with Crippen LogP contribution in [0.25, 0.3) is 0 Å². The number of benzene rings is 2. The van der Waals surface area contributed by atoms with E-state index in [-0.39, 0.29) is 0 Å². The first-order valence-electron chi connectivity index (χ1n) is 7.53. The van der Waals surface area contributed by atoms with Gasteiger partial charge in [-0.3, -0.25) is 9.59 Å². The molecule has 3 rings (SSSR count). The van der Waals surface area contributed by atoms with E-state index in [9.17, 15) is 14.4 Å².